The van der Waals surface area contributed by atoms with Gasteiger partial charge >= 0.3 is 0 Å². The number of ether oxygens (including phenoxy) is 1. The molecule has 1 aliphatic rings. The molecule has 0 unspecified atom stereocenters. The Morgan fingerprint density at radius 1 is 1.27 bits per heavy atom. The number of rotatable bonds is 6. The summed E-state index contributed by atoms with van der Waals surface area (Å²) in [6.45, 7) is 3.73. The van der Waals surface area contributed by atoms with E-state index in [1.165, 1.54) is 0 Å². The van der Waals surface area contributed by atoms with Crippen molar-refractivity contribution in [3.05, 3.63) is 41.3 Å². The Bertz CT molecular complexity index is 788. The first-order valence-corrected chi connectivity index (χ1v) is 8.47. The van der Waals surface area contributed by atoms with Crippen molar-refractivity contribution in [2.24, 2.45) is 0 Å². The van der Waals surface area contributed by atoms with Gasteiger partial charge in [-0.3, -0.25) is 9.78 Å². The number of halogens is 2. The summed E-state index contributed by atoms with van der Waals surface area (Å²) in [5, 5.41) is 10.6. The maximum Gasteiger partial charge on any atom is 0.255 e. The first-order chi connectivity index (χ1) is 12.3. The molecule has 0 saturated heterocycles. The van der Waals surface area contributed by atoms with Crippen molar-refractivity contribution in [1.29, 1.82) is 0 Å². The normalized spacial score (nSPS) is 16.0. The Hall–Kier alpha value is -2.64. The number of amides is 1. The molecule has 0 bridgehead atoms. The second-order valence-electron chi connectivity index (χ2n) is 6.43. The van der Waals surface area contributed by atoms with Crippen LogP contribution in [0.1, 0.15) is 36.8 Å². The molecule has 2 aromatic rings. The highest BCUT2D eigenvalue weighted by Gasteiger charge is 2.47. The molecule has 3 rings (SSSR count). The van der Waals surface area contributed by atoms with Crippen LogP contribution in [0.25, 0.3) is 0 Å². The number of aromatic nitrogens is 3. The van der Waals surface area contributed by atoms with E-state index >= 15 is 0 Å². The van der Waals surface area contributed by atoms with E-state index in [9.17, 15) is 13.6 Å². The first kappa shape index (κ1) is 18.2. The van der Waals surface area contributed by atoms with Gasteiger partial charge in [0.25, 0.3) is 5.92 Å². The molecule has 6 nitrogen and oxygen atoms in total. The van der Waals surface area contributed by atoms with Gasteiger partial charge < -0.3 is 10.1 Å². The topological polar surface area (TPSA) is 77.0 Å². The summed E-state index contributed by atoms with van der Waals surface area (Å²) < 4.78 is 31.4. The van der Waals surface area contributed by atoms with Gasteiger partial charge in [-0.05, 0) is 25.5 Å². The minimum absolute atomic E-state index is 0.0239. The van der Waals surface area contributed by atoms with E-state index in [2.05, 4.69) is 20.5 Å². The number of carbonyl (C=O) groups is 1. The van der Waals surface area contributed by atoms with Crippen molar-refractivity contribution in [2.45, 2.75) is 51.6 Å². The van der Waals surface area contributed by atoms with Crippen LogP contribution in [-0.2, 0) is 17.6 Å². The van der Waals surface area contributed by atoms with Crippen LogP contribution >= 0.6 is 0 Å². The summed E-state index contributed by atoms with van der Waals surface area (Å²) in [5.41, 5.74) is 2.00. The van der Waals surface area contributed by atoms with Crippen molar-refractivity contribution in [1.82, 2.24) is 15.2 Å². The van der Waals surface area contributed by atoms with E-state index in [1.807, 2.05) is 6.92 Å². The molecular formula is C18H20F2N4O2. The molecule has 1 aliphatic carbocycles. The number of aryl methyl sites for hydroxylation is 2. The molecule has 0 aliphatic heterocycles. The second kappa shape index (κ2) is 7.31. The van der Waals surface area contributed by atoms with Gasteiger partial charge in [0.05, 0.1) is 17.8 Å². The zero-order valence-electron chi connectivity index (χ0n) is 14.6. The first-order valence-electron chi connectivity index (χ1n) is 8.47. The SMILES string of the molecule is CCc1ccc(NC(=O)Cc2cc(OC3CC(F)(F)C3)cc(C)n2)nn1. The summed E-state index contributed by atoms with van der Waals surface area (Å²) in [6, 6.07) is 6.77. The van der Waals surface area contributed by atoms with Gasteiger partial charge in [-0.25, -0.2) is 8.78 Å². The fourth-order valence-electron chi connectivity index (χ4n) is 2.71. The van der Waals surface area contributed by atoms with Crippen LogP contribution in [-0.4, -0.2) is 33.1 Å². The summed E-state index contributed by atoms with van der Waals surface area (Å²) in [6.07, 6.45) is -0.270. The maximum absolute atomic E-state index is 12.9. The summed E-state index contributed by atoms with van der Waals surface area (Å²) >= 11 is 0. The van der Waals surface area contributed by atoms with Crippen LogP contribution in [0.15, 0.2) is 24.3 Å². The molecular weight excluding hydrogens is 342 g/mol. The lowest BCUT2D eigenvalue weighted by molar-refractivity contribution is -0.134. The average molecular weight is 362 g/mol. The predicted molar refractivity (Wildman–Crippen MR) is 91.3 cm³/mol. The smallest absolute Gasteiger partial charge is 0.255 e. The van der Waals surface area contributed by atoms with Crippen molar-refractivity contribution < 1.29 is 18.3 Å². The molecule has 1 amide bonds. The fourth-order valence-corrected chi connectivity index (χ4v) is 2.71. The van der Waals surface area contributed by atoms with E-state index in [1.54, 1.807) is 31.2 Å². The third-order valence-corrected chi connectivity index (χ3v) is 4.03. The van der Waals surface area contributed by atoms with Gasteiger partial charge in [0, 0.05) is 30.7 Å². The minimum Gasteiger partial charge on any atom is -0.490 e. The number of nitrogens with zero attached hydrogens (tertiary/aromatic N) is 3. The highest BCUT2D eigenvalue weighted by atomic mass is 19.3. The quantitative estimate of drug-likeness (QED) is 0.854. The maximum atomic E-state index is 12.9. The lowest BCUT2D eigenvalue weighted by Crippen LogP contribution is -2.43. The molecule has 1 N–H and O–H groups in total. The third kappa shape index (κ3) is 4.71. The fraction of sp³-hybridized carbons (Fsp3) is 0.444. The van der Waals surface area contributed by atoms with Crippen LogP contribution in [0.5, 0.6) is 5.75 Å². The van der Waals surface area contributed by atoms with Gasteiger partial charge in [0.2, 0.25) is 5.91 Å². The Kier molecular flexibility index (Phi) is 5.11. The molecule has 8 heteroatoms. The Balaban J connectivity index is 1.60. The number of anilines is 1. The van der Waals surface area contributed by atoms with Gasteiger partial charge in [0.15, 0.2) is 5.82 Å². The highest BCUT2D eigenvalue weighted by molar-refractivity contribution is 5.91. The number of hydrogen-bond acceptors (Lipinski definition) is 5. The zero-order chi connectivity index (χ0) is 18.7. The van der Waals surface area contributed by atoms with E-state index in [0.29, 0.717) is 23.0 Å². The molecule has 2 aromatic heterocycles. The lowest BCUT2D eigenvalue weighted by Gasteiger charge is -2.34. The predicted octanol–water partition coefficient (Wildman–Crippen LogP) is 3.10. The number of hydrogen-bond donors (Lipinski definition) is 1. The van der Waals surface area contributed by atoms with E-state index in [-0.39, 0.29) is 25.2 Å². The average Bonchev–Trinajstić information content (AvgIpc) is 2.53. The van der Waals surface area contributed by atoms with Crippen molar-refractivity contribution >= 4 is 11.7 Å². The van der Waals surface area contributed by atoms with Gasteiger partial charge in [-0.1, -0.05) is 6.92 Å². The summed E-state index contributed by atoms with van der Waals surface area (Å²) in [7, 11) is 0. The molecule has 0 aromatic carbocycles. The van der Waals surface area contributed by atoms with Crippen LogP contribution in [0.3, 0.4) is 0 Å². The molecule has 1 saturated carbocycles. The molecule has 138 valence electrons. The van der Waals surface area contributed by atoms with Crippen molar-refractivity contribution in [3.8, 4) is 5.75 Å². The number of alkyl halides is 2. The minimum atomic E-state index is -2.64. The van der Waals surface area contributed by atoms with Crippen molar-refractivity contribution in [3.63, 3.8) is 0 Å². The van der Waals surface area contributed by atoms with Crippen molar-refractivity contribution in [2.75, 3.05) is 5.32 Å². The highest BCUT2D eigenvalue weighted by Crippen LogP contribution is 2.39. The molecule has 1 fully saturated rings. The van der Waals surface area contributed by atoms with E-state index in [4.69, 9.17) is 4.74 Å². The van der Waals surface area contributed by atoms with Gasteiger partial charge in [-0.2, -0.15) is 5.10 Å². The van der Waals surface area contributed by atoms with Crippen LogP contribution in [0.2, 0.25) is 0 Å². The third-order valence-electron chi connectivity index (χ3n) is 4.03. The summed E-state index contributed by atoms with van der Waals surface area (Å²) in [4.78, 5) is 16.5. The largest absolute Gasteiger partial charge is 0.490 e. The number of carbonyl (C=O) groups excluding carboxylic acids is 1. The van der Waals surface area contributed by atoms with Gasteiger partial charge in [0.1, 0.15) is 11.9 Å². The molecule has 26 heavy (non-hydrogen) atoms. The molecule has 2 heterocycles. The number of pyridine rings is 1. The number of nitrogens with one attached hydrogen (secondary N) is 1. The Morgan fingerprint density at radius 2 is 2.04 bits per heavy atom. The summed E-state index contributed by atoms with van der Waals surface area (Å²) in [5.74, 6) is -2.10. The van der Waals surface area contributed by atoms with E-state index < -0.39 is 12.0 Å². The standard InChI is InChI=1S/C18H20F2N4O2/c1-3-12-4-5-16(24-23-12)22-17(25)8-13-7-14(6-11(2)21-13)26-15-9-18(19,20)10-15/h4-7,15H,3,8-10H2,1-2H3,(H,22,24,25). The van der Waals surface area contributed by atoms with Gasteiger partial charge in [-0.15, -0.1) is 5.10 Å². The molecule has 0 radical (unpaired) electrons. The van der Waals surface area contributed by atoms with E-state index in [0.717, 1.165) is 12.1 Å². The lowest BCUT2D eigenvalue weighted by atomic mass is 9.91. The second-order valence-corrected chi connectivity index (χ2v) is 6.43. The molecule has 0 spiro atoms. The van der Waals surface area contributed by atoms with Crippen LogP contribution < -0.4 is 10.1 Å². The zero-order valence-corrected chi connectivity index (χ0v) is 14.6. The monoisotopic (exact) mass is 362 g/mol. The Morgan fingerprint density at radius 3 is 2.65 bits per heavy atom. The van der Waals surface area contributed by atoms with Crippen LogP contribution in [0.4, 0.5) is 14.6 Å². The van der Waals surface area contributed by atoms with Crippen LogP contribution in [0, 0.1) is 6.92 Å². The molecule has 0 atom stereocenters. The Labute approximate surface area is 150 Å².